The van der Waals surface area contributed by atoms with Gasteiger partial charge in [-0.3, -0.25) is 4.79 Å². The van der Waals surface area contributed by atoms with Crippen LogP contribution in [-0.4, -0.2) is 35.1 Å². The first-order chi connectivity index (χ1) is 6.13. The Balaban J connectivity index is 2.50. The number of terminal acetylenes is 1. The summed E-state index contributed by atoms with van der Waals surface area (Å²) in [5.74, 6) is 2.64. The molecule has 2 atom stereocenters. The number of carbonyl (C=O) groups excluding carboxylic acids is 1. The van der Waals surface area contributed by atoms with Crippen molar-refractivity contribution in [3.63, 3.8) is 0 Å². The highest BCUT2D eigenvalue weighted by Crippen LogP contribution is 2.16. The molecular weight excluding hydrogens is 166 g/mol. The molecule has 2 unspecified atom stereocenters. The first kappa shape index (κ1) is 10.1. The van der Waals surface area contributed by atoms with Crippen molar-refractivity contribution in [2.24, 2.45) is 5.92 Å². The van der Waals surface area contributed by atoms with Crippen LogP contribution in [0, 0.1) is 18.3 Å². The predicted octanol–water partition coefficient (Wildman–Crippen LogP) is 0.239. The average molecular weight is 181 g/mol. The number of hydrogen-bond acceptors (Lipinski definition) is 2. The highest BCUT2D eigenvalue weighted by atomic mass is 16.3. The lowest BCUT2D eigenvalue weighted by Crippen LogP contribution is -2.45. The van der Waals surface area contributed by atoms with Crippen LogP contribution in [0.1, 0.15) is 19.8 Å². The molecule has 3 nitrogen and oxygen atoms in total. The van der Waals surface area contributed by atoms with Crippen LogP contribution >= 0.6 is 0 Å². The third-order valence-electron chi connectivity index (χ3n) is 2.24. The van der Waals surface area contributed by atoms with E-state index in [4.69, 9.17) is 6.42 Å². The summed E-state index contributed by atoms with van der Waals surface area (Å²) < 4.78 is 0. The smallest absolute Gasteiger partial charge is 0.234 e. The van der Waals surface area contributed by atoms with Gasteiger partial charge < -0.3 is 10.0 Å². The zero-order valence-electron chi connectivity index (χ0n) is 7.86. The molecule has 1 heterocycles. The molecule has 0 aromatic carbocycles. The molecule has 0 bridgehead atoms. The molecule has 0 saturated carbocycles. The third kappa shape index (κ3) is 2.74. The highest BCUT2D eigenvalue weighted by molar-refractivity contribution is 5.78. The van der Waals surface area contributed by atoms with Gasteiger partial charge in [-0.25, -0.2) is 0 Å². The van der Waals surface area contributed by atoms with Gasteiger partial charge in [0.2, 0.25) is 5.91 Å². The largest absolute Gasteiger partial charge is 0.391 e. The Morgan fingerprint density at radius 3 is 2.92 bits per heavy atom. The number of aliphatic hydroxyl groups is 1. The number of β-amino-alcohol motifs (C(OH)–C–C–N with tert-alkyl or cyclic N) is 1. The molecule has 1 amide bonds. The van der Waals surface area contributed by atoms with Crippen molar-refractivity contribution >= 4 is 5.91 Å². The third-order valence-corrected chi connectivity index (χ3v) is 2.24. The number of aliphatic hydroxyl groups excluding tert-OH is 1. The van der Waals surface area contributed by atoms with E-state index >= 15 is 0 Å². The molecule has 1 fully saturated rings. The van der Waals surface area contributed by atoms with Crippen molar-refractivity contribution in [2.45, 2.75) is 25.9 Å². The second-order valence-corrected chi connectivity index (χ2v) is 3.67. The molecule has 13 heavy (non-hydrogen) atoms. The highest BCUT2D eigenvalue weighted by Gasteiger charge is 2.25. The Morgan fingerprint density at radius 1 is 1.69 bits per heavy atom. The zero-order chi connectivity index (χ0) is 9.84. The molecule has 1 saturated heterocycles. The van der Waals surface area contributed by atoms with Crippen LogP contribution in [0.4, 0.5) is 0 Å². The molecular formula is C10H15NO2. The summed E-state index contributed by atoms with van der Waals surface area (Å²) in [7, 11) is 0. The van der Waals surface area contributed by atoms with Crippen molar-refractivity contribution < 1.29 is 9.90 Å². The van der Waals surface area contributed by atoms with Gasteiger partial charge in [0.1, 0.15) is 0 Å². The molecule has 72 valence electrons. The van der Waals surface area contributed by atoms with E-state index in [2.05, 4.69) is 5.92 Å². The van der Waals surface area contributed by atoms with Gasteiger partial charge in [-0.15, -0.1) is 6.42 Å². The summed E-state index contributed by atoms with van der Waals surface area (Å²) >= 11 is 0. The number of hydrogen-bond donors (Lipinski definition) is 1. The molecule has 3 heteroatoms. The maximum Gasteiger partial charge on any atom is 0.234 e. The average Bonchev–Trinajstić information content (AvgIpc) is 2.03. The van der Waals surface area contributed by atoms with Gasteiger partial charge in [0, 0.05) is 13.1 Å². The lowest BCUT2D eigenvalue weighted by atomic mass is 9.98. The van der Waals surface area contributed by atoms with Crippen LogP contribution in [0.3, 0.4) is 0 Å². The van der Waals surface area contributed by atoms with E-state index in [1.54, 1.807) is 4.90 Å². The van der Waals surface area contributed by atoms with Gasteiger partial charge in [0.25, 0.3) is 0 Å². The zero-order valence-corrected chi connectivity index (χ0v) is 7.86. The van der Waals surface area contributed by atoms with Crippen LogP contribution in [0.2, 0.25) is 0 Å². The van der Waals surface area contributed by atoms with Crippen molar-refractivity contribution in [3.05, 3.63) is 0 Å². The fourth-order valence-electron chi connectivity index (χ4n) is 1.72. The van der Waals surface area contributed by atoms with Crippen LogP contribution in [-0.2, 0) is 4.79 Å². The second kappa shape index (κ2) is 4.29. The fourth-order valence-corrected chi connectivity index (χ4v) is 1.72. The maximum absolute atomic E-state index is 11.4. The van der Waals surface area contributed by atoms with Gasteiger partial charge >= 0.3 is 0 Å². The van der Waals surface area contributed by atoms with E-state index in [0.717, 1.165) is 13.0 Å². The normalized spacial score (nSPS) is 28.2. The predicted molar refractivity (Wildman–Crippen MR) is 49.8 cm³/mol. The van der Waals surface area contributed by atoms with E-state index in [-0.39, 0.29) is 18.4 Å². The maximum atomic E-state index is 11.4. The van der Waals surface area contributed by atoms with Crippen LogP contribution in [0.25, 0.3) is 0 Å². The standard InChI is InChI=1S/C10H15NO2/c1-3-4-10(13)11-6-8(2)5-9(12)7-11/h1,8-9,12H,4-7H2,2H3. The van der Waals surface area contributed by atoms with E-state index < -0.39 is 0 Å². The van der Waals surface area contributed by atoms with Crippen LogP contribution in [0.5, 0.6) is 0 Å². The fraction of sp³-hybridized carbons (Fsp3) is 0.700. The summed E-state index contributed by atoms with van der Waals surface area (Å²) in [5.41, 5.74) is 0. The summed E-state index contributed by atoms with van der Waals surface area (Å²) in [6.07, 6.45) is 5.58. The van der Waals surface area contributed by atoms with E-state index in [9.17, 15) is 9.90 Å². The van der Waals surface area contributed by atoms with E-state index in [1.807, 2.05) is 6.92 Å². The lowest BCUT2D eigenvalue weighted by molar-refractivity contribution is -0.134. The Labute approximate surface area is 78.7 Å². The van der Waals surface area contributed by atoms with Gasteiger partial charge in [0.05, 0.1) is 12.5 Å². The molecule has 0 aliphatic carbocycles. The Hall–Kier alpha value is -1.01. The molecule has 0 aromatic rings. The van der Waals surface area contributed by atoms with Crippen molar-refractivity contribution in [1.82, 2.24) is 4.90 Å². The molecule has 0 radical (unpaired) electrons. The number of carbonyl (C=O) groups is 1. The molecule has 0 spiro atoms. The lowest BCUT2D eigenvalue weighted by Gasteiger charge is -2.33. The number of rotatable bonds is 1. The van der Waals surface area contributed by atoms with Crippen molar-refractivity contribution in [1.29, 1.82) is 0 Å². The van der Waals surface area contributed by atoms with Gasteiger partial charge in [0.15, 0.2) is 0 Å². The molecule has 1 rings (SSSR count). The van der Waals surface area contributed by atoms with E-state index in [1.165, 1.54) is 0 Å². The summed E-state index contributed by atoms with van der Waals surface area (Å²) in [4.78, 5) is 13.0. The van der Waals surface area contributed by atoms with Gasteiger partial charge in [-0.1, -0.05) is 12.8 Å². The topological polar surface area (TPSA) is 40.5 Å². The first-order valence-electron chi connectivity index (χ1n) is 4.52. The Kier molecular flexibility index (Phi) is 3.32. The number of likely N-dealkylation sites (tertiary alicyclic amines) is 1. The summed E-state index contributed by atoms with van der Waals surface area (Å²) in [6.45, 7) is 3.18. The quantitative estimate of drug-likeness (QED) is 0.589. The van der Waals surface area contributed by atoms with Crippen LogP contribution in [0.15, 0.2) is 0 Å². The van der Waals surface area contributed by atoms with Crippen molar-refractivity contribution in [3.8, 4) is 12.3 Å². The Bertz CT molecular complexity index is 222. The molecule has 1 N–H and O–H groups in total. The van der Waals surface area contributed by atoms with Crippen molar-refractivity contribution in [2.75, 3.05) is 13.1 Å². The summed E-state index contributed by atoms with van der Waals surface area (Å²) in [6, 6.07) is 0. The van der Waals surface area contributed by atoms with Gasteiger partial charge in [-0.05, 0) is 12.3 Å². The van der Waals surface area contributed by atoms with Crippen LogP contribution < -0.4 is 0 Å². The second-order valence-electron chi connectivity index (χ2n) is 3.67. The number of amides is 1. The van der Waals surface area contributed by atoms with E-state index in [0.29, 0.717) is 12.5 Å². The minimum atomic E-state index is -0.384. The van der Waals surface area contributed by atoms with Gasteiger partial charge in [-0.2, -0.15) is 0 Å². The minimum absolute atomic E-state index is 0.0481. The first-order valence-corrected chi connectivity index (χ1v) is 4.52. The molecule has 0 aromatic heterocycles. The minimum Gasteiger partial charge on any atom is -0.391 e. The SMILES string of the molecule is C#CCC(=O)N1CC(C)CC(O)C1. The number of nitrogens with zero attached hydrogens (tertiary/aromatic N) is 1. The Morgan fingerprint density at radius 2 is 2.38 bits per heavy atom. The molecule has 1 aliphatic rings. The molecule has 1 aliphatic heterocycles. The summed E-state index contributed by atoms with van der Waals surface area (Å²) in [5, 5.41) is 9.42. The monoisotopic (exact) mass is 181 g/mol. The number of piperidine rings is 1.